The highest BCUT2D eigenvalue weighted by Crippen LogP contribution is 2.21. The van der Waals surface area contributed by atoms with Gasteiger partial charge in [0.25, 0.3) is 5.91 Å². The lowest BCUT2D eigenvalue weighted by molar-refractivity contribution is -0.137. The first-order valence-corrected chi connectivity index (χ1v) is 7.22. The van der Waals surface area contributed by atoms with Gasteiger partial charge in [-0.25, -0.2) is 4.98 Å². The number of hydrogen-bond acceptors (Lipinski definition) is 6. The Kier molecular flexibility index (Phi) is 4.94. The highest BCUT2D eigenvalue weighted by atomic mass is 32.1. The van der Waals surface area contributed by atoms with Gasteiger partial charge in [-0.05, 0) is 6.42 Å². The molecule has 0 bridgehead atoms. The Morgan fingerprint density at radius 1 is 1.38 bits per heavy atom. The van der Waals surface area contributed by atoms with E-state index in [1.165, 1.54) is 16.2 Å². The third-order valence-electron chi connectivity index (χ3n) is 2.61. The number of carboxylic acids is 1. The Hall–Kier alpha value is -2.35. The van der Waals surface area contributed by atoms with Crippen LogP contribution in [0.2, 0.25) is 0 Å². The number of nitrogens with zero attached hydrogens (tertiary/aromatic N) is 4. The van der Waals surface area contributed by atoms with Crippen molar-refractivity contribution in [2.24, 2.45) is 0 Å². The van der Waals surface area contributed by atoms with Crippen LogP contribution in [-0.4, -0.2) is 49.9 Å². The number of thiazole rings is 1. The van der Waals surface area contributed by atoms with E-state index >= 15 is 0 Å². The summed E-state index contributed by atoms with van der Waals surface area (Å²) >= 11 is 1.28. The van der Waals surface area contributed by atoms with Crippen molar-refractivity contribution in [2.75, 3.05) is 13.1 Å². The molecule has 0 spiro atoms. The molecule has 2 rings (SSSR count). The molecule has 2 aromatic rings. The number of aromatic nitrogens is 3. The fourth-order valence-electron chi connectivity index (χ4n) is 1.75. The summed E-state index contributed by atoms with van der Waals surface area (Å²) in [6, 6.07) is 0. The van der Waals surface area contributed by atoms with Gasteiger partial charge < -0.3 is 10.0 Å². The number of carbonyl (C=O) groups excluding carboxylic acids is 1. The fraction of sp³-hybridized carbons (Fsp3) is 0.308. The minimum atomic E-state index is -1.04. The van der Waals surface area contributed by atoms with Crippen LogP contribution in [-0.2, 0) is 4.79 Å². The summed E-state index contributed by atoms with van der Waals surface area (Å²) in [6.45, 7) is 1.93. The number of amides is 1. The van der Waals surface area contributed by atoms with E-state index in [1.807, 2.05) is 6.92 Å². The number of hydrogen-bond donors (Lipinski definition) is 1. The lowest BCUT2D eigenvalue weighted by Crippen LogP contribution is -2.36. The Morgan fingerprint density at radius 2 is 2.19 bits per heavy atom. The molecule has 0 saturated heterocycles. The Labute approximate surface area is 125 Å². The maximum Gasteiger partial charge on any atom is 0.323 e. The number of rotatable bonds is 6. The number of carboxylic acid groups (broad SMARTS) is 1. The highest BCUT2D eigenvalue weighted by Gasteiger charge is 2.20. The molecule has 0 aliphatic carbocycles. The van der Waals surface area contributed by atoms with Crippen LogP contribution >= 0.6 is 11.3 Å². The van der Waals surface area contributed by atoms with Crippen LogP contribution in [0.3, 0.4) is 0 Å². The molecule has 0 aromatic carbocycles. The third kappa shape index (κ3) is 3.82. The molecule has 0 aliphatic heterocycles. The molecule has 0 radical (unpaired) electrons. The van der Waals surface area contributed by atoms with Gasteiger partial charge in [0.05, 0.1) is 6.20 Å². The summed E-state index contributed by atoms with van der Waals surface area (Å²) in [5, 5.41) is 11.0. The van der Waals surface area contributed by atoms with Crippen molar-refractivity contribution in [3.63, 3.8) is 0 Å². The maximum atomic E-state index is 12.3. The lowest BCUT2D eigenvalue weighted by atomic mass is 10.3. The second-order valence-corrected chi connectivity index (χ2v) is 5.11. The van der Waals surface area contributed by atoms with E-state index in [1.54, 1.807) is 24.0 Å². The highest BCUT2D eigenvalue weighted by molar-refractivity contribution is 7.13. The molecule has 1 N–H and O–H groups in total. The Bertz CT molecular complexity index is 629. The van der Waals surface area contributed by atoms with E-state index in [4.69, 9.17) is 5.11 Å². The summed E-state index contributed by atoms with van der Waals surface area (Å²) in [7, 11) is 0. The van der Waals surface area contributed by atoms with Gasteiger partial charge in [0, 0.05) is 24.3 Å². The molecule has 1 amide bonds. The van der Waals surface area contributed by atoms with Crippen LogP contribution in [0, 0.1) is 0 Å². The molecule has 0 atom stereocenters. The minimum absolute atomic E-state index is 0.232. The monoisotopic (exact) mass is 306 g/mol. The van der Waals surface area contributed by atoms with Crippen LogP contribution in [0.1, 0.15) is 23.8 Å². The van der Waals surface area contributed by atoms with Crippen molar-refractivity contribution in [3.05, 3.63) is 29.7 Å². The van der Waals surface area contributed by atoms with E-state index < -0.39 is 5.97 Å². The van der Waals surface area contributed by atoms with Gasteiger partial charge in [-0.1, -0.05) is 6.92 Å². The molecule has 8 heteroatoms. The molecule has 21 heavy (non-hydrogen) atoms. The molecular formula is C13H14N4O3S. The first-order valence-electron chi connectivity index (χ1n) is 6.34. The SMILES string of the molecule is CCCN(CC(=O)O)C(=O)c1csc(-c2cnccn2)n1. The zero-order valence-corrected chi connectivity index (χ0v) is 12.2. The summed E-state index contributed by atoms with van der Waals surface area (Å²) in [4.78, 5) is 36.7. The lowest BCUT2D eigenvalue weighted by Gasteiger charge is -2.18. The summed E-state index contributed by atoms with van der Waals surface area (Å²) < 4.78 is 0. The first-order chi connectivity index (χ1) is 10.1. The second kappa shape index (κ2) is 6.89. The largest absolute Gasteiger partial charge is 0.480 e. The van der Waals surface area contributed by atoms with Gasteiger partial charge in [0.1, 0.15) is 22.9 Å². The molecule has 0 aliphatic rings. The summed E-state index contributed by atoms with van der Waals surface area (Å²) in [6.07, 6.45) is 5.35. The third-order valence-corrected chi connectivity index (χ3v) is 3.48. The standard InChI is InChI=1S/C13H14N4O3S/c1-2-5-17(7-11(18)19)13(20)10-8-21-12(16-10)9-6-14-3-4-15-9/h3-4,6,8H,2,5,7H2,1H3,(H,18,19). The zero-order chi connectivity index (χ0) is 15.2. The fourth-order valence-corrected chi connectivity index (χ4v) is 2.50. The van der Waals surface area contributed by atoms with E-state index in [0.717, 1.165) is 0 Å². The van der Waals surface area contributed by atoms with Crippen LogP contribution in [0.4, 0.5) is 0 Å². The van der Waals surface area contributed by atoms with Crippen molar-refractivity contribution in [1.29, 1.82) is 0 Å². The molecule has 2 aromatic heterocycles. The van der Waals surface area contributed by atoms with E-state index in [2.05, 4.69) is 15.0 Å². The molecule has 0 unspecified atom stereocenters. The Morgan fingerprint density at radius 3 is 2.81 bits per heavy atom. The molecule has 2 heterocycles. The van der Waals surface area contributed by atoms with E-state index in [9.17, 15) is 9.59 Å². The average Bonchev–Trinajstić information content (AvgIpc) is 2.96. The van der Waals surface area contributed by atoms with Crippen molar-refractivity contribution < 1.29 is 14.7 Å². The van der Waals surface area contributed by atoms with Crippen LogP contribution in [0.15, 0.2) is 24.0 Å². The summed E-state index contributed by atoms with van der Waals surface area (Å²) in [5.41, 5.74) is 0.817. The first kappa shape index (κ1) is 15.0. The van der Waals surface area contributed by atoms with E-state index in [0.29, 0.717) is 23.7 Å². The zero-order valence-electron chi connectivity index (χ0n) is 11.4. The van der Waals surface area contributed by atoms with E-state index in [-0.39, 0.29) is 18.1 Å². The maximum absolute atomic E-state index is 12.3. The molecule has 0 fully saturated rings. The predicted octanol–water partition coefficient (Wildman–Crippen LogP) is 1.54. The van der Waals surface area contributed by atoms with Gasteiger partial charge >= 0.3 is 5.97 Å². The van der Waals surface area contributed by atoms with Crippen molar-refractivity contribution in [2.45, 2.75) is 13.3 Å². The van der Waals surface area contributed by atoms with Gasteiger partial charge in [-0.3, -0.25) is 19.6 Å². The van der Waals surface area contributed by atoms with Gasteiger partial charge in [0.15, 0.2) is 0 Å². The van der Waals surface area contributed by atoms with Gasteiger partial charge in [-0.15, -0.1) is 11.3 Å². The smallest absolute Gasteiger partial charge is 0.323 e. The van der Waals surface area contributed by atoms with Crippen LogP contribution < -0.4 is 0 Å². The molecule has 7 nitrogen and oxygen atoms in total. The average molecular weight is 306 g/mol. The quantitative estimate of drug-likeness (QED) is 0.869. The summed E-state index contributed by atoms with van der Waals surface area (Å²) in [5.74, 6) is -1.42. The van der Waals surface area contributed by atoms with Crippen molar-refractivity contribution in [3.8, 4) is 10.7 Å². The number of aliphatic carboxylic acids is 1. The topological polar surface area (TPSA) is 96.3 Å². The normalized spacial score (nSPS) is 10.3. The van der Waals surface area contributed by atoms with Crippen LogP contribution in [0.5, 0.6) is 0 Å². The molecular weight excluding hydrogens is 292 g/mol. The van der Waals surface area contributed by atoms with Gasteiger partial charge in [0.2, 0.25) is 0 Å². The molecule has 110 valence electrons. The minimum Gasteiger partial charge on any atom is -0.480 e. The second-order valence-electron chi connectivity index (χ2n) is 4.25. The number of carbonyl (C=O) groups is 2. The van der Waals surface area contributed by atoms with Gasteiger partial charge in [-0.2, -0.15) is 0 Å². The molecule has 0 saturated carbocycles. The van der Waals surface area contributed by atoms with Crippen LogP contribution in [0.25, 0.3) is 10.7 Å². The van der Waals surface area contributed by atoms with Crippen molar-refractivity contribution >= 4 is 23.2 Å². The Balaban J connectivity index is 2.19. The predicted molar refractivity (Wildman–Crippen MR) is 77.0 cm³/mol. The van der Waals surface area contributed by atoms with Crippen molar-refractivity contribution in [1.82, 2.24) is 19.9 Å².